The number of nitrogens with zero attached hydrogens (tertiary/aromatic N) is 3. The van der Waals surface area contributed by atoms with Gasteiger partial charge >= 0.3 is 0 Å². The van der Waals surface area contributed by atoms with Crippen LogP contribution in [-0.2, 0) is 0 Å². The third kappa shape index (κ3) is 4.15. The van der Waals surface area contributed by atoms with E-state index in [1.165, 1.54) is 12.1 Å². The van der Waals surface area contributed by atoms with Crippen molar-refractivity contribution in [3.05, 3.63) is 33.5 Å². The summed E-state index contributed by atoms with van der Waals surface area (Å²) in [6, 6.07) is 6.13. The predicted octanol–water partition coefficient (Wildman–Crippen LogP) is 3.16. The van der Waals surface area contributed by atoms with Crippen molar-refractivity contribution in [2.75, 3.05) is 13.2 Å². The quantitative estimate of drug-likeness (QED) is 0.742. The first kappa shape index (κ1) is 14.7. The van der Waals surface area contributed by atoms with Gasteiger partial charge < -0.3 is 9.47 Å². The smallest absolute Gasteiger partial charge is 0.295 e. The molecule has 0 aliphatic rings. The maximum absolute atomic E-state index is 13.0. The molecule has 0 aliphatic heterocycles. The molecule has 0 radical (unpaired) electrons. The summed E-state index contributed by atoms with van der Waals surface area (Å²) in [4.78, 5) is 0. The van der Waals surface area contributed by atoms with E-state index in [0.29, 0.717) is 35.1 Å². The van der Waals surface area contributed by atoms with Gasteiger partial charge in [-0.2, -0.15) is 5.26 Å². The second-order valence-electron chi connectivity index (χ2n) is 3.61. The average molecular weight is 358 g/mol. The molecule has 1 aromatic carbocycles. The van der Waals surface area contributed by atoms with Gasteiger partial charge in [0.2, 0.25) is 5.01 Å². The summed E-state index contributed by atoms with van der Waals surface area (Å²) >= 11 is 4.37. The van der Waals surface area contributed by atoms with E-state index in [0.717, 1.165) is 11.3 Å². The molecule has 5 nitrogen and oxygen atoms in total. The van der Waals surface area contributed by atoms with Gasteiger partial charge in [-0.25, -0.2) is 4.39 Å². The Hall–Kier alpha value is -1.72. The van der Waals surface area contributed by atoms with Gasteiger partial charge in [0.15, 0.2) is 0 Å². The molecule has 0 bridgehead atoms. The monoisotopic (exact) mass is 357 g/mol. The van der Waals surface area contributed by atoms with Gasteiger partial charge in [-0.1, -0.05) is 5.10 Å². The second-order valence-corrected chi connectivity index (χ2v) is 5.40. The predicted molar refractivity (Wildman–Crippen MR) is 74.3 cm³/mol. The van der Waals surface area contributed by atoms with E-state index in [1.807, 2.05) is 6.07 Å². The summed E-state index contributed by atoms with van der Waals surface area (Å²) in [5.74, 6) is 0.102. The van der Waals surface area contributed by atoms with Crippen LogP contribution in [0.3, 0.4) is 0 Å². The largest absolute Gasteiger partial charge is 0.492 e. The number of aromatic nitrogens is 2. The molecule has 20 heavy (non-hydrogen) atoms. The van der Waals surface area contributed by atoms with Crippen molar-refractivity contribution in [1.29, 1.82) is 5.26 Å². The van der Waals surface area contributed by atoms with Crippen LogP contribution in [0.4, 0.5) is 4.39 Å². The minimum atomic E-state index is -0.350. The fourth-order valence-corrected chi connectivity index (χ4v) is 2.18. The Morgan fingerprint density at radius 3 is 2.85 bits per heavy atom. The molecule has 0 aliphatic carbocycles. The third-order valence-corrected chi connectivity index (χ3v) is 3.56. The van der Waals surface area contributed by atoms with E-state index in [4.69, 9.17) is 14.7 Å². The molecule has 0 unspecified atom stereocenters. The minimum absolute atomic E-state index is 0.264. The SMILES string of the molecule is N#Cc1nnc(OCCCOc2cc(F)ccc2Br)s1. The molecule has 1 heterocycles. The standard InChI is InChI=1S/C12H9BrFN3O2S/c13-9-3-2-8(14)6-10(9)18-4-1-5-19-12-17-16-11(7-15)20-12/h2-3,6H,1,4-5H2. The molecule has 0 saturated carbocycles. The highest BCUT2D eigenvalue weighted by Crippen LogP contribution is 2.25. The highest BCUT2D eigenvalue weighted by atomic mass is 79.9. The summed E-state index contributed by atoms with van der Waals surface area (Å²) in [6.45, 7) is 0.763. The van der Waals surface area contributed by atoms with E-state index >= 15 is 0 Å². The highest BCUT2D eigenvalue weighted by molar-refractivity contribution is 9.10. The third-order valence-electron chi connectivity index (χ3n) is 2.17. The summed E-state index contributed by atoms with van der Waals surface area (Å²) in [7, 11) is 0. The second kappa shape index (κ2) is 7.17. The van der Waals surface area contributed by atoms with Crippen LogP contribution in [0.1, 0.15) is 11.4 Å². The number of nitriles is 1. The lowest BCUT2D eigenvalue weighted by Gasteiger charge is -2.08. The number of hydrogen-bond acceptors (Lipinski definition) is 6. The average Bonchev–Trinajstić information content (AvgIpc) is 2.90. The van der Waals surface area contributed by atoms with Crippen LogP contribution in [0.5, 0.6) is 10.9 Å². The molecule has 0 spiro atoms. The van der Waals surface area contributed by atoms with Gasteiger partial charge in [0.05, 0.1) is 17.7 Å². The molecular formula is C12H9BrFN3O2S. The summed E-state index contributed by atoms with van der Waals surface area (Å²) in [5, 5.41) is 16.5. The molecule has 0 saturated heterocycles. The maximum Gasteiger partial charge on any atom is 0.295 e. The molecule has 0 amide bonds. The Balaban J connectivity index is 1.71. The highest BCUT2D eigenvalue weighted by Gasteiger charge is 2.05. The van der Waals surface area contributed by atoms with Gasteiger partial charge in [0, 0.05) is 12.5 Å². The Labute approximate surface area is 127 Å². The fraction of sp³-hybridized carbons (Fsp3) is 0.250. The zero-order chi connectivity index (χ0) is 14.4. The Morgan fingerprint density at radius 1 is 1.30 bits per heavy atom. The first-order valence-corrected chi connectivity index (χ1v) is 7.24. The zero-order valence-corrected chi connectivity index (χ0v) is 12.6. The Bertz CT molecular complexity index is 629. The first-order chi connectivity index (χ1) is 9.69. The minimum Gasteiger partial charge on any atom is -0.492 e. The Kier molecular flexibility index (Phi) is 5.26. The van der Waals surface area contributed by atoms with Crippen molar-refractivity contribution >= 4 is 27.3 Å². The summed E-state index contributed by atoms with van der Waals surface area (Å²) in [6.07, 6.45) is 0.602. The molecule has 2 aromatic rings. The lowest BCUT2D eigenvalue weighted by atomic mass is 10.3. The van der Waals surface area contributed by atoms with E-state index in [9.17, 15) is 4.39 Å². The van der Waals surface area contributed by atoms with E-state index in [1.54, 1.807) is 6.07 Å². The van der Waals surface area contributed by atoms with Crippen LogP contribution in [0.25, 0.3) is 0 Å². The van der Waals surface area contributed by atoms with Crippen LogP contribution < -0.4 is 9.47 Å². The number of ether oxygens (including phenoxy) is 2. The molecule has 0 N–H and O–H groups in total. The van der Waals surface area contributed by atoms with Crippen molar-refractivity contribution in [2.45, 2.75) is 6.42 Å². The van der Waals surface area contributed by atoms with Gasteiger partial charge in [0.1, 0.15) is 17.6 Å². The topological polar surface area (TPSA) is 68.0 Å². The first-order valence-electron chi connectivity index (χ1n) is 5.63. The van der Waals surface area contributed by atoms with E-state index < -0.39 is 0 Å². The van der Waals surface area contributed by atoms with Crippen molar-refractivity contribution in [3.63, 3.8) is 0 Å². The van der Waals surface area contributed by atoms with E-state index in [-0.39, 0.29) is 10.8 Å². The van der Waals surface area contributed by atoms with Crippen LogP contribution >= 0.6 is 27.3 Å². The fourth-order valence-electron chi connectivity index (χ4n) is 1.30. The zero-order valence-electron chi connectivity index (χ0n) is 10.2. The Morgan fingerprint density at radius 2 is 2.10 bits per heavy atom. The van der Waals surface area contributed by atoms with Gasteiger partial charge in [-0.05, 0) is 39.4 Å². The van der Waals surface area contributed by atoms with E-state index in [2.05, 4.69) is 26.1 Å². The number of hydrogen-bond donors (Lipinski definition) is 0. The van der Waals surface area contributed by atoms with Crippen LogP contribution in [0.2, 0.25) is 0 Å². The molecule has 104 valence electrons. The number of rotatable bonds is 6. The van der Waals surface area contributed by atoms with Gasteiger partial charge in [-0.15, -0.1) is 5.10 Å². The van der Waals surface area contributed by atoms with Crippen molar-refractivity contribution in [2.24, 2.45) is 0 Å². The van der Waals surface area contributed by atoms with Crippen LogP contribution in [0, 0.1) is 17.1 Å². The van der Waals surface area contributed by atoms with Crippen LogP contribution in [0.15, 0.2) is 22.7 Å². The van der Waals surface area contributed by atoms with Gasteiger partial charge in [0.25, 0.3) is 5.19 Å². The molecule has 8 heteroatoms. The molecule has 2 rings (SSSR count). The number of benzene rings is 1. The van der Waals surface area contributed by atoms with Crippen LogP contribution in [-0.4, -0.2) is 23.4 Å². The molecule has 0 fully saturated rings. The lowest BCUT2D eigenvalue weighted by Crippen LogP contribution is -2.05. The van der Waals surface area contributed by atoms with Gasteiger partial charge in [-0.3, -0.25) is 0 Å². The normalized spacial score (nSPS) is 10.1. The molecule has 1 aromatic heterocycles. The lowest BCUT2D eigenvalue weighted by molar-refractivity contribution is 0.244. The van der Waals surface area contributed by atoms with Crippen molar-refractivity contribution < 1.29 is 13.9 Å². The molecule has 0 atom stereocenters. The molecular weight excluding hydrogens is 349 g/mol. The summed E-state index contributed by atoms with van der Waals surface area (Å²) in [5.41, 5.74) is 0. The van der Waals surface area contributed by atoms with Crippen molar-refractivity contribution in [3.8, 4) is 17.0 Å². The summed E-state index contributed by atoms with van der Waals surface area (Å²) < 4.78 is 24.4. The van der Waals surface area contributed by atoms with Crippen molar-refractivity contribution in [1.82, 2.24) is 10.2 Å². The number of halogens is 2. The maximum atomic E-state index is 13.0.